The van der Waals surface area contributed by atoms with E-state index in [1.54, 1.807) is 0 Å². The van der Waals surface area contributed by atoms with Gasteiger partial charge in [-0.15, -0.1) is 23.2 Å². The molecular weight excluding hydrogens is 351 g/mol. The molecule has 2 fully saturated rings. The summed E-state index contributed by atoms with van der Waals surface area (Å²) in [5.41, 5.74) is 0.619. The van der Waals surface area contributed by atoms with E-state index < -0.39 is 9.75 Å². The number of hydrogen-bond acceptors (Lipinski definition) is 3. The second-order valence-electron chi connectivity index (χ2n) is 7.12. The molecule has 1 atom stereocenters. The van der Waals surface area contributed by atoms with Crippen LogP contribution in [0.15, 0.2) is 18.2 Å². The molecule has 3 aliphatic rings. The van der Waals surface area contributed by atoms with Gasteiger partial charge in [-0.05, 0) is 31.5 Å². The summed E-state index contributed by atoms with van der Waals surface area (Å²) in [5, 5.41) is 0. The molecule has 0 radical (unpaired) electrons. The Bertz CT molecular complexity index is 674. The minimum atomic E-state index is -0.888. The second-order valence-corrected chi connectivity index (χ2v) is 8.60. The fourth-order valence-corrected chi connectivity index (χ4v) is 4.22. The number of rotatable bonds is 3. The lowest BCUT2D eigenvalue weighted by Gasteiger charge is -2.34. The quantitative estimate of drug-likeness (QED) is 0.812. The van der Waals surface area contributed by atoms with Gasteiger partial charge < -0.3 is 19.3 Å². The van der Waals surface area contributed by atoms with E-state index in [0.29, 0.717) is 13.2 Å². The third-order valence-electron chi connectivity index (χ3n) is 5.38. The van der Waals surface area contributed by atoms with E-state index in [2.05, 4.69) is 6.07 Å². The average molecular weight is 372 g/mol. The molecule has 1 N–H and O–H groups in total. The van der Waals surface area contributed by atoms with Crippen LogP contribution in [0.4, 0.5) is 0 Å². The van der Waals surface area contributed by atoms with Crippen molar-refractivity contribution in [2.24, 2.45) is 5.41 Å². The number of quaternary nitrogens is 1. The van der Waals surface area contributed by atoms with E-state index in [1.165, 1.54) is 10.5 Å². The van der Waals surface area contributed by atoms with Crippen molar-refractivity contribution in [3.8, 4) is 11.5 Å². The highest BCUT2D eigenvalue weighted by Crippen LogP contribution is 2.64. The Morgan fingerprint density at radius 2 is 1.92 bits per heavy atom. The molecule has 4 rings (SSSR count). The van der Waals surface area contributed by atoms with E-state index in [-0.39, 0.29) is 5.91 Å². The maximum Gasteiger partial charge on any atom is 0.232 e. The third-order valence-corrected chi connectivity index (χ3v) is 6.48. The molecule has 5 nitrogen and oxygen atoms in total. The highest BCUT2D eigenvalue weighted by molar-refractivity contribution is 6.53. The van der Waals surface area contributed by atoms with Crippen molar-refractivity contribution in [1.29, 1.82) is 0 Å². The van der Waals surface area contributed by atoms with Gasteiger partial charge in [-0.3, -0.25) is 4.79 Å². The van der Waals surface area contributed by atoms with Gasteiger partial charge in [0.2, 0.25) is 12.7 Å². The highest BCUT2D eigenvalue weighted by Gasteiger charge is 2.68. The first-order chi connectivity index (χ1) is 11.4. The largest absolute Gasteiger partial charge is 0.454 e. The van der Waals surface area contributed by atoms with Crippen molar-refractivity contribution < 1.29 is 19.2 Å². The summed E-state index contributed by atoms with van der Waals surface area (Å²) >= 11 is 12.3. The first-order valence-corrected chi connectivity index (χ1v) is 9.04. The minimum absolute atomic E-state index is 0.0922. The molecule has 7 heteroatoms. The third kappa shape index (κ3) is 2.72. The van der Waals surface area contributed by atoms with Crippen molar-refractivity contribution in [3.63, 3.8) is 0 Å². The summed E-state index contributed by atoms with van der Waals surface area (Å²) in [4.78, 5) is 16.0. The molecule has 0 unspecified atom stereocenters. The van der Waals surface area contributed by atoms with Gasteiger partial charge in [0, 0.05) is 5.56 Å². The number of ether oxygens (including phenoxy) is 2. The lowest BCUT2D eigenvalue weighted by atomic mass is 10.1. The predicted molar refractivity (Wildman–Crippen MR) is 90.7 cm³/mol. The highest BCUT2D eigenvalue weighted by atomic mass is 35.5. The first-order valence-electron chi connectivity index (χ1n) is 8.28. The summed E-state index contributed by atoms with van der Waals surface area (Å²) in [6.07, 6.45) is 0.548. The van der Waals surface area contributed by atoms with Gasteiger partial charge in [0.05, 0.1) is 31.6 Å². The summed E-state index contributed by atoms with van der Waals surface area (Å²) in [7, 11) is 0. The molecule has 1 aromatic rings. The average Bonchev–Trinajstić information content (AvgIpc) is 2.89. The number of amides is 1. The molecule has 1 saturated carbocycles. The van der Waals surface area contributed by atoms with Crippen molar-refractivity contribution in [3.05, 3.63) is 23.8 Å². The minimum Gasteiger partial charge on any atom is -0.454 e. The molecule has 1 amide bonds. The monoisotopic (exact) mass is 371 g/mol. The normalized spacial score (nSPS) is 28.0. The van der Waals surface area contributed by atoms with E-state index in [1.807, 2.05) is 24.0 Å². The van der Waals surface area contributed by atoms with Crippen LogP contribution in [0.25, 0.3) is 0 Å². The summed E-state index contributed by atoms with van der Waals surface area (Å²) < 4.78 is 9.89. The molecule has 0 spiro atoms. The zero-order chi connectivity index (χ0) is 16.9. The Labute approximate surface area is 151 Å². The van der Waals surface area contributed by atoms with Crippen LogP contribution in [0, 0.1) is 5.41 Å². The molecule has 1 aliphatic carbocycles. The Morgan fingerprint density at radius 3 is 2.58 bits per heavy atom. The second kappa shape index (κ2) is 5.68. The van der Waals surface area contributed by atoms with E-state index in [9.17, 15) is 4.79 Å². The molecule has 2 aliphatic heterocycles. The van der Waals surface area contributed by atoms with Gasteiger partial charge in [-0.2, -0.15) is 0 Å². The molecule has 2 heterocycles. The van der Waals surface area contributed by atoms with Crippen LogP contribution in [-0.4, -0.2) is 48.1 Å². The van der Waals surface area contributed by atoms with Gasteiger partial charge in [0.15, 0.2) is 11.5 Å². The standard InChI is InChI=1S/C17H20Cl2N2O3/c1-16(10-17(16,18)19)15(22)21-6-4-20(5-7-21)9-12-2-3-13-14(8-12)24-11-23-13/h2-3,8H,4-7,9-11H2,1H3/p+1/t16-/m1/s1. The number of nitrogens with zero attached hydrogens (tertiary/aromatic N) is 1. The Morgan fingerprint density at radius 1 is 1.25 bits per heavy atom. The lowest BCUT2D eigenvalue weighted by Crippen LogP contribution is -3.13. The first kappa shape index (κ1) is 16.3. The summed E-state index contributed by atoms with van der Waals surface area (Å²) in [5.74, 6) is 1.73. The molecule has 1 saturated heterocycles. The number of alkyl halides is 2. The van der Waals surface area contributed by atoms with Gasteiger partial charge in [0.25, 0.3) is 0 Å². The maximum atomic E-state index is 12.6. The number of hydrogen-bond donors (Lipinski definition) is 1. The molecule has 24 heavy (non-hydrogen) atoms. The molecule has 0 bridgehead atoms. The zero-order valence-electron chi connectivity index (χ0n) is 13.6. The van der Waals surface area contributed by atoms with E-state index in [0.717, 1.165) is 44.2 Å². The van der Waals surface area contributed by atoms with Gasteiger partial charge in [-0.25, -0.2) is 0 Å². The van der Waals surface area contributed by atoms with Crippen molar-refractivity contribution in [1.82, 2.24) is 4.90 Å². The van der Waals surface area contributed by atoms with Crippen LogP contribution in [0.3, 0.4) is 0 Å². The molecule has 1 aromatic carbocycles. The zero-order valence-corrected chi connectivity index (χ0v) is 15.1. The number of fused-ring (bicyclic) bond motifs is 1. The molecule has 130 valence electrons. The number of carbonyl (C=O) groups excluding carboxylic acids is 1. The number of nitrogens with one attached hydrogen (secondary N) is 1. The molecule has 0 aromatic heterocycles. The number of benzene rings is 1. The van der Waals surface area contributed by atoms with Gasteiger partial charge >= 0.3 is 0 Å². The van der Waals surface area contributed by atoms with Crippen molar-refractivity contribution in [2.45, 2.75) is 24.2 Å². The van der Waals surface area contributed by atoms with Crippen LogP contribution in [0.5, 0.6) is 11.5 Å². The van der Waals surface area contributed by atoms with Gasteiger partial charge in [-0.1, -0.05) is 0 Å². The predicted octanol–water partition coefficient (Wildman–Crippen LogP) is 1.23. The van der Waals surface area contributed by atoms with Crippen LogP contribution in [0.2, 0.25) is 0 Å². The van der Waals surface area contributed by atoms with Crippen molar-refractivity contribution in [2.75, 3.05) is 33.0 Å². The fraction of sp³-hybridized carbons (Fsp3) is 0.588. The Kier molecular flexibility index (Phi) is 3.86. The van der Waals surface area contributed by atoms with E-state index in [4.69, 9.17) is 32.7 Å². The van der Waals surface area contributed by atoms with Crippen LogP contribution in [0.1, 0.15) is 18.9 Å². The van der Waals surface area contributed by atoms with Crippen LogP contribution < -0.4 is 14.4 Å². The SMILES string of the molecule is C[C@]1(C(=O)N2CC[NH+](Cc3ccc4c(c3)OCO4)CC2)CC1(Cl)Cl. The Balaban J connectivity index is 1.33. The summed E-state index contributed by atoms with van der Waals surface area (Å²) in [6, 6.07) is 6.09. The summed E-state index contributed by atoms with van der Waals surface area (Å²) in [6.45, 7) is 6.43. The van der Waals surface area contributed by atoms with Crippen LogP contribution in [-0.2, 0) is 11.3 Å². The van der Waals surface area contributed by atoms with Crippen molar-refractivity contribution >= 4 is 29.1 Å². The smallest absolute Gasteiger partial charge is 0.232 e. The van der Waals surface area contributed by atoms with E-state index >= 15 is 0 Å². The topological polar surface area (TPSA) is 43.2 Å². The number of carbonyl (C=O) groups is 1. The number of halogens is 2. The Hall–Kier alpha value is -1.17. The van der Waals surface area contributed by atoms with Crippen LogP contribution >= 0.6 is 23.2 Å². The van der Waals surface area contributed by atoms with Gasteiger partial charge in [0.1, 0.15) is 10.9 Å². The lowest BCUT2D eigenvalue weighted by molar-refractivity contribution is -0.917. The number of piperazine rings is 1. The fourth-order valence-electron chi connectivity index (χ4n) is 3.52. The molecular formula is C17H21Cl2N2O3+. The maximum absolute atomic E-state index is 12.6.